The number of benzene rings is 2. The van der Waals surface area contributed by atoms with Crippen molar-refractivity contribution in [2.24, 2.45) is 7.05 Å². The first-order valence-corrected chi connectivity index (χ1v) is 11.6. The van der Waals surface area contributed by atoms with Crippen molar-refractivity contribution in [1.29, 1.82) is 0 Å². The van der Waals surface area contributed by atoms with Gasteiger partial charge in [-0.05, 0) is 36.6 Å². The van der Waals surface area contributed by atoms with Crippen LogP contribution in [0.25, 0.3) is 0 Å². The van der Waals surface area contributed by atoms with Gasteiger partial charge in [0.1, 0.15) is 18.7 Å². The summed E-state index contributed by atoms with van der Waals surface area (Å²) < 4.78 is 32.8. The van der Waals surface area contributed by atoms with Crippen molar-refractivity contribution in [1.82, 2.24) is 19.7 Å². The van der Waals surface area contributed by atoms with Gasteiger partial charge in [0.15, 0.2) is 0 Å². The van der Waals surface area contributed by atoms with Gasteiger partial charge in [-0.2, -0.15) is 0 Å². The zero-order chi connectivity index (χ0) is 21.8. The summed E-state index contributed by atoms with van der Waals surface area (Å²) in [6.07, 6.45) is 2.11. The Morgan fingerprint density at radius 2 is 1.84 bits per heavy atom. The molecule has 0 atom stereocenters. The van der Waals surface area contributed by atoms with Crippen molar-refractivity contribution in [2.45, 2.75) is 29.9 Å². The molecule has 2 heterocycles. The van der Waals surface area contributed by atoms with Gasteiger partial charge in [-0.3, -0.25) is 4.79 Å². The molecule has 4 rings (SSSR count). The highest BCUT2D eigenvalue weighted by atomic mass is 32.2. The third-order valence-corrected chi connectivity index (χ3v) is 7.65. The molecule has 1 saturated heterocycles. The first kappa shape index (κ1) is 21.0. The van der Waals surface area contributed by atoms with Crippen molar-refractivity contribution < 1.29 is 17.9 Å². The predicted molar refractivity (Wildman–Crippen MR) is 114 cm³/mol. The van der Waals surface area contributed by atoms with Crippen LogP contribution < -0.4 is 4.74 Å². The number of ether oxygens (including phenoxy) is 1. The molecule has 0 N–H and O–H groups in total. The second-order valence-corrected chi connectivity index (χ2v) is 9.68. The SMILES string of the molecule is Cn1cnnc1S(=O)(=O)C1CCN(C(=O)c2cccc(OCc3ccccc3)c2)CC1. The third kappa shape index (κ3) is 4.61. The summed E-state index contributed by atoms with van der Waals surface area (Å²) in [7, 11) is -1.96. The van der Waals surface area contributed by atoms with Crippen LogP contribution in [0.2, 0.25) is 0 Å². The Morgan fingerprint density at radius 3 is 2.52 bits per heavy atom. The predicted octanol–water partition coefficient (Wildman–Crippen LogP) is 2.47. The lowest BCUT2D eigenvalue weighted by molar-refractivity contribution is 0.0725. The number of aryl methyl sites for hydroxylation is 1. The second kappa shape index (κ2) is 8.89. The number of piperidine rings is 1. The molecule has 3 aromatic rings. The molecule has 0 bridgehead atoms. The fourth-order valence-electron chi connectivity index (χ4n) is 3.69. The van der Waals surface area contributed by atoms with Crippen LogP contribution in [0.1, 0.15) is 28.8 Å². The fraction of sp³-hybridized carbons (Fsp3) is 0.318. The van der Waals surface area contributed by atoms with Crippen LogP contribution in [0.15, 0.2) is 66.1 Å². The molecule has 162 valence electrons. The molecule has 1 aromatic heterocycles. The van der Waals surface area contributed by atoms with E-state index in [2.05, 4.69) is 10.2 Å². The van der Waals surface area contributed by atoms with Gasteiger partial charge in [-0.1, -0.05) is 36.4 Å². The number of sulfone groups is 1. The molecule has 0 spiro atoms. The van der Waals surface area contributed by atoms with Crippen molar-refractivity contribution in [3.8, 4) is 5.75 Å². The Hall–Kier alpha value is -3.20. The Bertz CT molecular complexity index is 1150. The Morgan fingerprint density at radius 1 is 1.10 bits per heavy atom. The highest BCUT2D eigenvalue weighted by Gasteiger charge is 2.35. The van der Waals surface area contributed by atoms with Gasteiger partial charge in [0.2, 0.25) is 15.0 Å². The van der Waals surface area contributed by atoms with E-state index in [-0.39, 0.29) is 11.1 Å². The summed E-state index contributed by atoms with van der Waals surface area (Å²) in [4.78, 5) is 14.7. The quantitative estimate of drug-likeness (QED) is 0.585. The molecule has 1 amide bonds. The molecular formula is C22H24N4O4S. The molecule has 1 aliphatic rings. The molecule has 1 aliphatic heterocycles. The summed E-state index contributed by atoms with van der Waals surface area (Å²) in [6, 6.07) is 16.9. The first-order chi connectivity index (χ1) is 14.9. The average Bonchev–Trinajstić information content (AvgIpc) is 3.25. The molecular weight excluding hydrogens is 416 g/mol. The Kier molecular flexibility index (Phi) is 6.03. The average molecular weight is 441 g/mol. The van der Waals surface area contributed by atoms with Gasteiger partial charge in [-0.15, -0.1) is 10.2 Å². The Labute approximate surface area is 181 Å². The third-order valence-electron chi connectivity index (χ3n) is 5.42. The van der Waals surface area contributed by atoms with Crippen LogP contribution in [0.4, 0.5) is 0 Å². The maximum absolute atomic E-state index is 13.0. The molecule has 0 unspecified atom stereocenters. The zero-order valence-corrected chi connectivity index (χ0v) is 18.0. The zero-order valence-electron chi connectivity index (χ0n) is 17.2. The number of rotatable bonds is 6. The van der Waals surface area contributed by atoms with E-state index in [4.69, 9.17) is 4.74 Å². The van der Waals surface area contributed by atoms with Crippen LogP contribution in [-0.4, -0.2) is 52.3 Å². The molecule has 8 nitrogen and oxygen atoms in total. The summed E-state index contributed by atoms with van der Waals surface area (Å²) in [5.74, 6) is 0.495. The van der Waals surface area contributed by atoms with Gasteiger partial charge in [0.25, 0.3) is 5.91 Å². The fourth-order valence-corrected chi connectivity index (χ4v) is 5.43. The van der Waals surface area contributed by atoms with Crippen LogP contribution in [-0.2, 0) is 23.5 Å². The number of amides is 1. The summed E-state index contributed by atoms with van der Waals surface area (Å²) in [5, 5.41) is 6.81. The van der Waals surface area contributed by atoms with Crippen molar-refractivity contribution in [3.05, 3.63) is 72.1 Å². The number of aromatic nitrogens is 3. The van der Waals surface area contributed by atoms with E-state index in [1.54, 1.807) is 30.1 Å². The number of carbonyl (C=O) groups is 1. The lowest BCUT2D eigenvalue weighted by atomic mass is 10.1. The number of hydrogen-bond donors (Lipinski definition) is 0. The highest BCUT2D eigenvalue weighted by Crippen LogP contribution is 2.25. The number of likely N-dealkylation sites (tertiary alicyclic amines) is 1. The summed E-state index contributed by atoms with van der Waals surface area (Å²) in [5.41, 5.74) is 1.57. The van der Waals surface area contributed by atoms with Crippen molar-refractivity contribution in [3.63, 3.8) is 0 Å². The summed E-state index contributed by atoms with van der Waals surface area (Å²) in [6.45, 7) is 1.16. The van der Waals surface area contributed by atoms with E-state index in [0.29, 0.717) is 43.9 Å². The van der Waals surface area contributed by atoms with E-state index in [1.807, 2.05) is 36.4 Å². The topological polar surface area (TPSA) is 94.4 Å². The highest BCUT2D eigenvalue weighted by molar-refractivity contribution is 7.91. The minimum atomic E-state index is -3.57. The number of hydrogen-bond acceptors (Lipinski definition) is 6. The van der Waals surface area contributed by atoms with E-state index in [1.165, 1.54) is 10.9 Å². The van der Waals surface area contributed by atoms with Gasteiger partial charge < -0.3 is 14.2 Å². The van der Waals surface area contributed by atoms with Crippen molar-refractivity contribution in [2.75, 3.05) is 13.1 Å². The minimum absolute atomic E-state index is 0.0273. The smallest absolute Gasteiger partial charge is 0.253 e. The molecule has 9 heteroatoms. The molecule has 0 radical (unpaired) electrons. The first-order valence-electron chi connectivity index (χ1n) is 10.1. The van der Waals surface area contributed by atoms with E-state index < -0.39 is 15.1 Å². The largest absolute Gasteiger partial charge is 0.489 e. The number of carbonyl (C=O) groups excluding carboxylic acids is 1. The normalized spacial score (nSPS) is 15.1. The van der Waals surface area contributed by atoms with E-state index in [0.717, 1.165) is 5.56 Å². The maximum atomic E-state index is 13.0. The maximum Gasteiger partial charge on any atom is 0.253 e. The van der Waals surface area contributed by atoms with Gasteiger partial charge in [0.05, 0.1) is 5.25 Å². The Balaban J connectivity index is 1.38. The van der Waals surface area contributed by atoms with Crippen LogP contribution >= 0.6 is 0 Å². The molecule has 2 aromatic carbocycles. The minimum Gasteiger partial charge on any atom is -0.489 e. The second-order valence-electron chi connectivity index (χ2n) is 7.56. The van der Waals surface area contributed by atoms with Crippen LogP contribution in [0.5, 0.6) is 5.75 Å². The van der Waals surface area contributed by atoms with Crippen molar-refractivity contribution >= 4 is 15.7 Å². The standard InChI is InChI=1S/C22H24N4O4S/c1-25-16-23-24-22(25)31(28,29)20-10-12-26(13-11-20)21(27)18-8-5-9-19(14-18)30-15-17-6-3-2-4-7-17/h2-9,14,16,20H,10-13,15H2,1H3. The molecule has 1 fully saturated rings. The van der Waals surface area contributed by atoms with Crippen LogP contribution in [0, 0.1) is 0 Å². The molecule has 0 saturated carbocycles. The number of nitrogens with zero attached hydrogens (tertiary/aromatic N) is 4. The van der Waals surface area contributed by atoms with Gasteiger partial charge in [-0.25, -0.2) is 8.42 Å². The molecule has 31 heavy (non-hydrogen) atoms. The monoisotopic (exact) mass is 440 g/mol. The van der Waals surface area contributed by atoms with Gasteiger partial charge in [0, 0.05) is 25.7 Å². The van der Waals surface area contributed by atoms with E-state index >= 15 is 0 Å². The van der Waals surface area contributed by atoms with Gasteiger partial charge >= 0.3 is 0 Å². The molecule has 0 aliphatic carbocycles. The lowest BCUT2D eigenvalue weighted by Crippen LogP contribution is -2.42. The lowest BCUT2D eigenvalue weighted by Gasteiger charge is -2.31. The van der Waals surface area contributed by atoms with Crippen LogP contribution in [0.3, 0.4) is 0 Å². The summed E-state index contributed by atoms with van der Waals surface area (Å²) >= 11 is 0. The van der Waals surface area contributed by atoms with E-state index in [9.17, 15) is 13.2 Å².